The fraction of sp³-hybridized carbons (Fsp3) is 0.0625. The van der Waals surface area contributed by atoms with Gasteiger partial charge in [-0.3, -0.25) is 4.79 Å². The minimum Gasteiger partial charge on any atom is -0.296 e. The molecule has 3 rings (SSSR count). The van der Waals surface area contributed by atoms with Gasteiger partial charge in [-0.05, 0) is 30.5 Å². The van der Waals surface area contributed by atoms with Gasteiger partial charge < -0.3 is 0 Å². The summed E-state index contributed by atoms with van der Waals surface area (Å²) in [5.74, 6) is 0.149. The van der Waals surface area contributed by atoms with E-state index >= 15 is 0 Å². The van der Waals surface area contributed by atoms with Crippen molar-refractivity contribution in [3.05, 3.63) is 59.7 Å². The highest BCUT2D eigenvalue weighted by atomic mass is 19.1. The van der Waals surface area contributed by atoms with Crippen LogP contribution >= 0.6 is 0 Å². The number of hydrogen-bond acceptors (Lipinski definition) is 3. The zero-order valence-corrected chi connectivity index (χ0v) is 10.8. The molecule has 0 radical (unpaired) electrons. The Bertz CT molecular complexity index is 815. The van der Waals surface area contributed by atoms with Crippen molar-refractivity contribution >= 4 is 17.1 Å². The zero-order chi connectivity index (χ0) is 14.1. The number of aldehydes is 1. The lowest BCUT2D eigenvalue weighted by atomic mass is 10.0. The summed E-state index contributed by atoms with van der Waals surface area (Å²) < 4.78 is 13.8. The molecule has 2 aromatic carbocycles. The molecule has 0 N–H and O–H groups in total. The predicted molar refractivity (Wildman–Crippen MR) is 75.1 cm³/mol. The Hall–Kier alpha value is -2.62. The van der Waals surface area contributed by atoms with Gasteiger partial charge in [0.2, 0.25) is 0 Å². The average Bonchev–Trinajstić information content (AvgIpc) is 2.47. The maximum atomic E-state index is 13.8. The molecule has 0 atom stereocenters. The molecular formula is C16H11FN2O. The van der Waals surface area contributed by atoms with E-state index in [2.05, 4.69) is 9.97 Å². The van der Waals surface area contributed by atoms with Crippen LogP contribution in [0, 0.1) is 12.7 Å². The first-order valence-corrected chi connectivity index (χ1v) is 6.17. The summed E-state index contributed by atoms with van der Waals surface area (Å²) >= 11 is 0. The van der Waals surface area contributed by atoms with Gasteiger partial charge in [-0.1, -0.05) is 24.3 Å². The van der Waals surface area contributed by atoms with E-state index in [1.54, 1.807) is 31.2 Å². The number of hydrogen-bond donors (Lipinski definition) is 0. The molecule has 0 saturated carbocycles. The van der Waals surface area contributed by atoms with Gasteiger partial charge in [0.1, 0.15) is 11.5 Å². The fourth-order valence-corrected chi connectivity index (χ4v) is 2.23. The Balaban J connectivity index is 2.32. The Morgan fingerprint density at radius 3 is 2.55 bits per heavy atom. The molecular weight excluding hydrogens is 255 g/mol. The maximum absolute atomic E-state index is 13.8. The fourth-order valence-electron chi connectivity index (χ4n) is 2.23. The van der Waals surface area contributed by atoms with Crippen LogP contribution in [0.1, 0.15) is 16.2 Å². The minimum atomic E-state index is -0.285. The van der Waals surface area contributed by atoms with Crippen molar-refractivity contribution in [1.29, 1.82) is 0 Å². The third kappa shape index (κ3) is 2.05. The van der Waals surface area contributed by atoms with Crippen LogP contribution in [0.25, 0.3) is 22.2 Å². The molecule has 98 valence electrons. The maximum Gasteiger partial charge on any atom is 0.168 e. The molecule has 4 heteroatoms. The average molecular weight is 266 g/mol. The zero-order valence-electron chi connectivity index (χ0n) is 10.8. The van der Waals surface area contributed by atoms with Crippen molar-refractivity contribution in [2.75, 3.05) is 0 Å². The van der Waals surface area contributed by atoms with Crippen LogP contribution in [0.4, 0.5) is 4.39 Å². The van der Waals surface area contributed by atoms with E-state index in [1.807, 2.05) is 12.1 Å². The second kappa shape index (κ2) is 4.81. The third-order valence-electron chi connectivity index (χ3n) is 3.11. The molecule has 20 heavy (non-hydrogen) atoms. The number of aromatic nitrogens is 2. The lowest BCUT2D eigenvalue weighted by Gasteiger charge is -2.07. The molecule has 1 heterocycles. The summed E-state index contributed by atoms with van der Waals surface area (Å²) in [6, 6.07) is 11.8. The number of halogens is 1. The molecule has 0 aliphatic heterocycles. The van der Waals surface area contributed by atoms with Crippen molar-refractivity contribution in [3.63, 3.8) is 0 Å². The van der Waals surface area contributed by atoms with Gasteiger partial charge in [0.25, 0.3) is 0 Å². The van der Waals surface area contributed by atoms with Gasteiger partial charge in [-0.25, -0.2) is 14.4 Å². The summed E-state index contributed by atoms with van der Waals surface area (Å²) in [5, 5.41) is 1.25. The number of carbonyl (C=O) groups excluding carboxylic acids is 1. The van der Waals surface area contributed by atoms with Gasteiger partial charge in [0.15, 0.2) is 12.1 Å². The molecule has 0 spiro atoms. The quantitative estimate of drug-likeness (QED) is 0.666. The predicted octanol–water partition coefficient (Wildman–Crippen LogP) is 3.56. The highest BCUT2D eigenvalue weighted by Gasteiger charge is 2.10. The summed E-state index contributed by atoms with van der Waals surface area (Å²) in [5.41, 5.74) is 1.74. The van der Waals surface area contributed by atoms with Crippen LogP contribution in [0.2, 0.25) is 0 Å². The molecule has 0 saturated heterocycles. The van der Waals surface area contributed by atoms with Crippen molar-refractivity contribution in [1.82, 2.24) is 9.97 Å². The molecule has 0 aliphatic rings. The largest absolute Gasteiger partial charge is 0.296 e. The number of fused-ring (bicyclic) bond motifs is 1. The molecule has 3 nitrogen and oxygen atoms in total. The third-order valence-corrected chi connectivity index (χ3v) is 3.11. The molecule has 0 fully saturated rings. The highest BCUT2D eigenvalue weighted by Crippen LogP contribution is 2.28. The lowest BCUT2D eigenvalue weighted by Crippen LogP contribution is -1.97. The van der Waals surface area contributed by atoms with Crippen molar-refractivity contribution in [2.45, 2.75) is 6.92 Å². The first-order valence-electron chi connectivity index (χ1n) is 6.17. The van der Waals surface area contributed by atoms with Crippen LogP contribution in [0.5, 0.6) is 0 Å². The lowest BCUT2D eigenvalue weighted by molar-refractivity contribution is 0.111. The van der Waals surface area contributed by atoms with E-state index in [9.17, 15) is 9.18 Å². The highest BCUT2D eigenvalue weighted by molar-refractivity contribution is 5.95. The Labute approximate surface area is 115 Å². The molecule has 1 aromatic heterocycles. The number of carbonyl (C=O) groups is 1. The van der Waals surface area contributed by atoms with E-state index in [-0.39, 0.29) is 5.82 Å². The number of nitrogens with zero attached hydrogens (tertiary/aromatic N) is 2. The molecule has 0 bridgehead atoms. The smallest absolute Gasteiger partial charge is 0.168 e. The van der Waals surface area contributed by atoms with Crippen molar-refractivity contribution in [3.8, 4) is 11.4 Å². The second-order valence-corrected chi connectivity index (χ2v) is 4.52. The Morgan fingerprint density at radius 1 is 1.05 bits per heavy atom. The number of aryl methyl sites for hydroxylation is 1. The summed E-state index contributed by atoms with van der Waals surface area (Å²) in [4.78, 5) is 19.4. The van der Waals surface area contributed by atoms with Crippen LogP contribution in [-0.2, 0) is 0 Å². The van der Waals surface area contributed by atoms with Crippen molar-refractivity contribution < 1.29 is 9.18 Å². The normalized spacial score (nSPS) is 10.7. The first kappa shape index (κ1) is 12.4. The Kier molecular flexibility index (Phi) is 2.99. The number of rotatable bonds is 2. The molecule has 0 aliphatic carbocycles. The van der Waals surface area contributed by atoms with E-state index in [1.165, 1.54) is 6.07 Å². The van der Waals surface area contributed by atoms with E-state index < -0.39 is 0 Å². The van der Waals surface area contributed by atoms with Crippen LogP contribution in [-0.4, -0.2) is 16.3 Å². The monoisotopic (exact) mass is 266 g/mol. The van der Waals surface area contributed by atoms with Gasteiger partial charge in [0.05, 0.1) is 0 Å². The summed E-state index contributed by atoms with van der Waals surface area (Å²) in [6.07, 6.45) is 0.684. The molecule has 3 aromatic rings. The van der Waals surface area contributed by atoms with Gasteiger partial charge >= 0.3 is 0 Å². The molecule has 0 unspecified atom stereocenters. The first-order chi connectivity index (χ1) is 9.69. The SMILES string of the molecule is Cc1cc(C=O)nc(-c2ccc(F)c3ccccc23)n1. The van der Waals surface area contributed by atoms with E-state index in [4.69, 9.17) is 0 Å². The Morgan fingerprint density at radius 2 is 1.80 bits per heavy atom. The van der Waals surface area contributed by atoms with E-state index in [0.29, 0.717) is 34.4 Å². The van der Waals surface area contributed by atoms with Crippen LogP contribution in [0.3, 0.4) is 0 Å². The second-order valence-electron chi connectivity index (χ2n) is 4.52. The topological polar surface area (TPSA) is 42.9 Å². The summed E-state index contributed by atoms with van der Waals surface area (Å²) in [6.45, 7) is 1.80. The summed E-state index contributed by atoms with van der Waals surface area (Å²) in [7, 11) is 0. The van der Waals surface area contributed by atoms with Gasteiger partial charge in [0, 0.05) is 16.6 Å². The number of benzene rings is 2. The van der Waals surface area contributed by atoms with Gasteiger partial charge in [-0.2, -0.15) is 0 Å². The van der Waals surface area contributed by atoms with Gasteiger partial charge in [-0.15, -0.1) is 0 Å². The standard InChI is InChI=1S/C16H11FN2O/c1-10-8-11(9-20)19-16(18-10)14-6-7-15(17)13-5-3-2-4-12(13)14/h2-9H,1H3. The van der Waals surface area contributed by atoms with Crippen molar-refractivity contribution in [2.24, 2.45) is 0 Å². The van der Waals surface area contributed by atoms with E-state index in [0.717, 1.165) is 5.39 Å². The minimum absolute atomic E-state index is 0.285. The molecule has 0 amide bonds. The van der Waals surface area contributed by atoms with Crippen LogP contribution < -0.4 is 0 Å². The van der Waals surface area contributed by atoms with Crippen LogP contribution in [0.15, 0.2) is 42.5 Å².